The van der Waals surface area contributed by atoms with Crippen molar-refractivity contribution in [3.05, 3.63) is 46.3 Å². The molecular formula is C14H15ClN2O4S. The highest BCUT2D eigenvalue weighted by atomic mass is 35.5. The first kappa shape index (κ1) is 16.5. The van der Waals surface area contributed by atoms with Gasteiger partial charge in [0, 0.05) is 16.3 Å². The highest BCUT2D eigenvalue weighted by molar-refractivity contribution is 7.91. The Balaban J connectivity index is 2.02. The first-order valence-electron chi connectivity index (χ1n) is 6.44. The summed E-state index contributed by atoms with van der Waals surface area (Å²) in [5.74, 6) is -1.05. The second-order valence-electron chi connectivity index (χ2n) is 4.89. The minimum atomic E-state index is -3.62. The lowest BCUT2D eigenvalue weighted by Gasteiger charge is -2.06. The monoisotopic (exact) mass is 342 g/mol. The smallest absolute Gasteiger partial charge is 0.239 e. The van der Waals surface area contributed by atoms with Gasteiger partial charge < -0.3 is 9.84 Å². The van der Waals surface area contributed by atoms with E-state index in [1.54, 1.807) is 38.1 Å². The van der Waals surface area contributed by atoms with E-state index in [-0.39, 0.29) is 5.75 Å². The van der Waals surface area contributed by atoms with Gasteiger partial charge in [-0.15, -0.1) is 0 Å². The van der Waals surface area contributed by atoms with Crippen molar-refractivity contribution in [2.24, 2.45) is 0 Å². The molecule has 0 saturated carbocycles. The number of halogens is 1. The molecule has 1 amide bonds. The predicted molar refractivity (Wildman–Crippen MR) is 83.5 cm³/mol. The third kappa shape index (κ3) is 4.32. The highest BCUT2D eigenvalue weighted by Crippen LogP contribution is 2.17. The van der Waals surface area contributed by atoms with E-state index in [9.17, 15) is 13.2 Å². The fourth-order valence-corrected chi connectivity index (χ4v) is 3.46. The molecule has 2 aromatic rings. The third-order valence-corrected chi connectivity index (χ3v) is 4.71. The van der Waals surface area contributed by atoms with Gasteiger partial charge in [0.25, 0.3) is 0 Å². The minimum absolute atomic E-state index is 0.276. The average Bonchev–Trinajstić information content (AvgIpc) is 2.72. The lowest BCUT2D eigenvalue weighted by Crippen LogP contribution is -2.24. The summed E-state index contributed by atoms with van der Waals surface area (Å²) >= 11 is 5.74. The summed E-state index contributed by atoms with van der Waals surface area (Å²) < 4.78 is 29.1. The molecule has 118 valence electrons. The van der Waals surface area contributed by atoms with Crippen molar-refractivity contribution < 1.29 is 17.7 Å². The molecule has 0 atom stereocenters. The summed E-state index contributed by atoms with van der Waals surface area (Å²) in [6.45, 7) is 3.30. The standard InChI is InChI=1S/C14H15ClN2O4S/c1-9-13(10(2)21-17-9)7-22(19,20)8-14(18)16-12-5-3-11(15)4-6-12/h3-6H,7-8H2,1-2H3,(H,16,18). The highest BCUT2D eigenvalue weighted by Gasteiger charge is 2.22. The van der Waals surface area contributed by atoms with Gasteiger partial charge in [-0.25, -0.2) is 8.42 Å². The summed E-state index contributed by atoms with van der Waals surface area (Å²) in [5.41, 5.74) is 1.50. The van der Waals surface area contributed by atoms with Crippen LogP contribution in [0.25, 0.3) is 0 Å². The van der Waals surface area contributed by atoms with Crippen molar-refractivity contribution in [1.82, 2.24) is 5.16 Å². The van der Waals surface area contributed by atoms with Crippen molar-refractivity contribution in [2.75, 3.05) is 11.1 Å². The topological polar surface area (TPSA) is 89.3 Å². The van der Waals surface area contributed by atoms with E-state index in [2.05, 4.69) is 10.5 Å². The predicted octanol–water partition coefficient (Wildman–Crippen LogP) is 2.50. The third-order valence-electron chi connectivity index (χ3n) is 3.02. The molecule has 0 aliphatic rings. The van der Waals surface area contributed by atoms with Gasteiger partial charge in [-0.2, -0.15) is 0 Å². The maximum atomic E-state index is 12.1. The quantitative estimate of drug-likeness (QED) is 0.901. The van der Waals surface area contributed by atoms with E-state index < -0.39 is 21.5 Å². The Morgan fingerprint density at radius 2 is 1.91 bits per heavy atom. The number of nitrogens with zero attached hydrogens (tertiary/aromatic N) is 1. The molecule has 0 unspecified atom stereocenters. The van der Waals surface area contributed by atoms with Gasteiger partial charge in [0.15, 0.2) is 9.84 Å². The molecule has 0 saturated heterocycles. The first-order chi connectivity index (χ1) is 10.3. The molecule has 1 heterocycles. The van der Waals surface area contributed by atoms with Crippen LogP contribution < -0.4 is 5.32 Å². The van der Waals surface area contributed by atoms with E-state index in [1.807, 2.05) is 0 Å². The Kier molecular flexibility index (Phi) is 4.87. The summed E-state index contributed by atoms with van der Waals surface area (Å²) in [6, 6.07) is 6.41. The van der Waals surface area contributed by atoms with Crippen LogP contribution in [-0.4, -0.2) is 25.2 Å². The zero-order valence-corrected chi connectivity index (χ0v) is 13.7. The van der Waals surface area contributed by atoms with Crippen LogP contribution in [0.5, 0.6) is 0 Å². The summed E-state index contributed by atoms with van der Waals surface area (Å²) in [7, 11) is -3.62. The van der Waals surface area contributed by atoms with Crippen LogP contribution in [0.1, 0.15) is 17.0 Å². The van der Waals surface area contributed by atoms with Crippen LogP contribution in [0.4, 0.5) is 5.69 Å². The number of hydrogen-bond donors (Lipinski definition) is 1. The Labute approximate surface area is 133 Å². The number of nitrogens with one attached hydrogen (secondary N) is 1. The fraction of sp³-hybridized carbons (Fsp3) is 0.286. The molecule has 8 heteroatoms. The second-order valence-corrected chi connectivity index (χ2v) is 7.39. The SMILES string of the molecule is Cc1noc(C)c1CS(=O)(=O)CC(=O)Nc1ccc(Cl)cc1. The Bertz CT molecular complexity index is 762. The zero-order chi connectivity index (χ0) is 16.3. The van der Waals surface area contributed by atoms with Gasteiger partial charge in [0.1, 0.15) is 11.5 Å². The second kappa shape index (κ2) is 6.50. The summed E-state index contributed by atoms with van der Waals surface area (Å²) in [5, 5.41) is 6.75. The van der Waals surface area contributed by atoms with Crippen LogP contribution in [0, 0.1) is 13.8 Å². The maximum Gasteiger partial charge on any atom is 0.239 e. The molecule has 0 spiro atoms. The average molecular weight is 343 g/mol. The zero-order valence-electron chi connectivity index (χ0n) is 12.1. The van der Waals surface area contributed by atoms with Crippen molar-refractivity contribution in [1.29, 1.82) is 0 Å². The molecular weight excluding hydrogens is 328 g/mol. The number of aromatic nitrogens is 1. The minimum Gasteiger partial charge on any atom is -0.361 e. The molecule has 0 aliphatic heterocycles. The first-order valence-corrected chi connectivity index (χ1v) is 8.64. The normalized spacial score (nSPS) is 11.4. The van der Waals surface area contributed by atoms with Gasteiger partial charge in [0.2, 0.25) is 5.91 Å². The van der Waals surface area contributed by atoms with Gasteiger partial charge in [-0.1, -0.05) is 16.8 Å². The number of carbonyl (C=O) groups excluding carboxylic acids is 1. The molecule has 1 N–H and O–H groups in total. The Morgan fingerprint density at radius 1 is 1.27 bits per heavy atom. The largest absolute Gasteiger partial charge is 0.361 e. The van der Waals surface area contributed by atoms with E-state index in [0.717, 1.165) is 0 Å². The number of carbonyl (C=O) groups is 1. The van der Waals surface area contributed by atoms with E-state index in [0.29, 0.717) is 27.7 Å². The van der Waals surface area contributed by atoms with Gasteiger partial charge in [0.05, 0.1) is 11.4 Å². The molecule has 1 aromatic heterocycles. The van der Waals surface area contributed by atoms with Crippen molar-refractivity contribution in [2.45, 2.75) is 19.6 Å². The van der Waals surface area contributed by atoms with Gasteiger partial charge in [-0.05, 0) is 38.1 Å². The van der Waals surface area contributed by atoms with Crippen molar-refractivity contribution in [3.8, 4) is 0 Å². The van der Waals surface area contributed by atoms with Crippen LogP contribution in [0.3, 0.4) is 0 Å². The van der Waals surface area contributed by atoms with E-state index in [1.165, 1.54) is 0 Å². The Morgan fingerprint density at radius 3 is 2.45 bits per heavy atom. The summed E-state index contributed by atoms with van der Waals surface area (Å²) in [4.78, 5) is 11.8. The van der Waals surface area contributed by atoms with Crippen LogP contribution in [0.15, 0.2) is 28.8 Å². The molecule has 0 bridgehead atoms. The molecule has 6 nitrogen and oxygen atoms in total. The molecule has 0 aliphatic carbocycles. The van der Waals surface area contributed by atoms with Crippen LogP contribution >= 0.6 is 11.6 Å². The molecule has 0 radical (unpaired) electrons. The lowest BCUT2D eigenvalue weighted by molar-refractivity contribution is -0.113. The Hall–Kier alpha value is -1.86. The molecule has 1 aromatic carbocycles. The fourth-order valence-electron chi connectivity index (χ4n) is 1.91. The molecule has 0 fully saturated rings. The molecule has 22 heavy (non-hydrogen) atoms. The van der Waals surface area contributed by atoms with Crippen molar-refractivity contribution in [3.63, 3.8) is 0 Å². The van der Waals surface area contributed by atoms with E-state index >= 15 is 0 Å². The van der Waals surface area contributed by atoms with Crippen LogP contribution in [0.2, 0.25) is 5.02 Å². The number of benzene rings is 1. The number of hydrogen-bond acceptors (Lipinski definition) is 5. The number of aryl methyl sites for hydroxylation is 2. The lowest BCUT2D eigenvalue weighted by atomic mass is 10.2. The van der Waals surface area contributed by atoms with Gasteiger partial charge >= 0.3 is 0 Å². The van der Waals surface area contributed by atoms with Crippen molar-refractivity contribution >= 4 is 33.0 Å². The molecule has 2 rings (SSSR count). The summed E-state index contributed by atoms with van der Waals surface area (Å²) in [6.07, 6.45) is 0. The van der Waals surface area contributed by atoms with E-state index in [4.69, 9.17) is 16.1 Å². The number of anilines is 1. The van der Waals surface area contributed by atoms with Crippen LogP contribution in [-0.2, 0) is 20.4 Å². The number of sulfone groups is 1. The maximum absolute atomic E-state index is 12.1. The number of rotatable bonds is 5. The number of amides is 1. The van der Waals surface area contributed by atoms with Gasteiger partial charge in [-0.3, -0.25) is 4.79 Å².